The third-order valence-electron chi connectivity index (χ3n) is 4.07. The number of aromatic nitrogens is 4. The van der Waals surface area contributed by atoms with Crippen LogP contribution in [0.3, 0.4) is 0 Å². The largest absolute Gasteiger partial charge is 0.535 e. The van der Waals surface area contributed by atoms with Crippen LogP contribution in [-0.4, -0.2) is 56.9 Å². The molecule has 0 saturated carbocycles. The highest BCUT2D eigenvalue weighted by atomic mass is 35.5. The van der Waals surface area contributed by atoms with Crippen LogP contribution in [0.4, 0.5) is 9.59 Å². The van der Waals surface area contributed by atoms with Crippen molar-refractivity contribution in [2.75, 3.05) is 24.7 Å². The maximum atomic E-state index is 11.7. The Morgan fingerprint density at radius 3 is 2.03 bits per heavy atom. The first kappa shape index (κ1) is 32.4. The molecule has 16 heteroatoms. The van der Waals surface area contributed by atoms with Gasteiger partial charge >= 0.3 is 12.2 Å². The summed E-state index contributed by atoms with van der Waals surface area (Å²) in [6.45, 7) is 0.579. The number of carbonyl (C=O) groups is 2. The van der Waals surface area contributed by atoms with Crippen LogP contribution >= 0.6 is 55.6 Å². The molecular weight excluding hydrogens is 604 g/mol. The van der Waals surface area contributed by atoms with Crippen molar-refractivity contribution in [3.8, 4) is 0 Å². The fraction of sp³-hybridized carbons (Fsp3) is 0.174. The Morgan fingerprint density at radius 2 is 1.44 bits per heavy atom. The molecule has 11 nitrogen and oxygen atoms in total. The van der Waals surface area contributed by atoms with E-state index in [4.69, 9.17) is 20.2 Å². The lowest BCUT2D eigenvalue weighted by Crippen LogP contribution is -2.31. The van der Waals surface area contributed by atoms with Gasteiger partial charge in [-0.3, -0.25) is 10.3 Å². The molecule has 0 aliphatic rings. The van der Waals surface area contributed by atoms with E-state index in [1.807, 2.05) is 66.1 Å². The zero-order chi connectivity index (χ0) is 26.8. The molecule has 4 aromatic rings. The van der Waals surface area contributed by atoms with E-state index in [0.717, 1.165) is 20.3 Å². The van der Waals surface area contributed by atoms with Crippen LogP contribution in [0.15, 0.2) is 89.3 Å². The minimum absolute atomic E-state index is 0. The second kappa shape index (κ2) is 19.3. The van der Waals surface area contributed by atoms with Crippen LogP contribution in [0.5, 0.6) is 0 Å². The number of hydrogen-bond acceptors (Lipinski definition) is 13. The molecule has 208 valence electrons. The Balaban J connectivity index is 0.000000292. The van der Waals surface area contributed by atoms with Gasteiger partial charge in [-0.2, -0.15) is 0 Å². The molecule has 1 aromatic carbocycles. The summed E-state index contributed by atoms with van der Waals surface area (Å²) in [7, 11) is 6.20. The number of nitrogens with zero attached hydrogens (tertiary/aromatic N) is 4. The number of nitrogens with two attached hydrogens (primary N) is 1. The van der Waals surface area contributed by atoms with E-state index in [1.54, 1.807) is 51.0 Å². The molecular formula is C23H25ClN6O5S4. The number of rotatable bonds is 11. The van der Waals surface area contributed by atoms with Gasteiger partial charge in [0.05, 0.1) is 6.20 Å². The molecule has 0 atom stereocenters. The molecule has 0 aliphatic heterocycles. The lowest BCUT2D eigenvalue weighted by molar-refractivity contribution is 0.0452. The Labute approximate surface area is 246 Å². The normalized spacial score (nSPS) is 9.97. The van der Waals surface area contributed by atoms with Gasteiger partial charge in [-0.1, -0.05) is 56.8 Å². The summed E-state index contributed by atoms with van der Waals surface area (Å²) in [6.07, 6.45) is 3.72. The third-order valence-corrected chi connectivity index (χ3v) is 8.53. The minimum Gasteiger partial charge on any atom is -0.448 e. The molecule has 3 aromatic heterocycles. The Bertz CT molecular complexity index is 1260. The topological polar surface area (TPSA) is 143 Å². The molecule has 0 unspecified atom stereocenters. The molecule has 1 amide bonds. The minimum atomic E-state index is -0.776. The van der Waals surface area contributed by atoms with Gasteiger partial charge in [-0.05, 0) is 51.9 Å². The van der Waals surface area contributed by atoms with Gasteiger partial charge in [0.2, 0.25) is 0 Å². The summed E-state index contributed by atoms with van der Waals surface area (Å²) in [5, 5.41) is 6.74. The van der Waals surface area contributed by atoms with E-state index in [0.29, 0.717) is 23.6 Å². The number of para-hydroxylation sites is 1. The van der Waals surface area contributed by atoms with Crippen molar-refractivity contribution >= 4 is 78.7 Å². The van der Waals surface area contributed by atoms with Crippen LogP contribution in [0.1, 0.15) is 0 Å². The summed E-state index contributed by atoms with van der Waals surface area (Å²) < 4.78 is 9.73. The number of nitrogens with one attached hydrogen (secondary N) is 1. The van der Waals surface area contributed by atoms with Crippen molar-refractivity contribution in [1.29, 1.82) is 0 Å². The second-order valence-corrected chi connectivity index (χ2v) is 11.6. The molecule has 3 heterocycles. The van der Waals surface area contributed by atoms with Gasteiger partial charge in [0.15, 0.2) is 0 Å². The smallest absolute Gasteiger partial charge is 0.448 e. The van der Waals surface area contributed by atoms with Gasteiger partial charge in [0.25, 0.3) is 0 Å². The van der Waals surface area contributed by atoms with Crippen molar-refractivity contribution in [2.45, 2.75) is 10.1 Å². The predicted octanol–water partition coefficient (Wildman–Crippen LogP) is 5.28. The molecule has 4 rings (SSSR count). The molecule has 0 saturated heterocycles. The summed E-state index contributed by atoms with van der Waals surface area (Å²) in [6, 6.07) is 18.9. The molecule has 3 N–H and O–H groups in total. The molecule has 39 heavy (non-hydrogen) atoms. The average Bonchev–Trinajstić information content (AvgIpc) is 3.36. The standard InChI is InChI=1S/C15H13N3O3S2.C8H11N3O2S2.ClH/c19-15(20-9-10-22-23-14-7-3-4-8-16-14)21-18-13-6-2-1-5-12(13)11-17-18;9-11-8(12)13-5-6-14-15-7-3-1-2-4-10-7;/h1-8,11H,9-10H2;1-4H,5-6,9H2,(H,11,12);1H. The fourth-order valence-electron chi connectivity index (χ4n) is 2.48. The van der Waals surface area contributed by atoms with Gasteiger partial charge in [-0.15, -0.1) is 17.5 Å². The highest BCUT2D eigenvalue weighted by molar-refractivity contribution is 8.77. The average molecular weight is 629 g/mol. The van der Waals surface area contributed by atoms with Crippen LogP contribution < -0.4 is 16.1 Å². The first-order valence-electron chi connectivity index (χ1n) is 11.0. The maximum Gasteiger partial charge on any atom is 0.535 e. The number of hydrogen-bond donors (Lipinski definition) is 2. The SMILES string of the molecule is Cl.NNC(=O)OCCSSc1ccccn1.O=C(OCCSSc1ccccn1)On1ncc2ccccc21. The van der Waals surface area contributed by atoms with Crippen LogP contribution in [0, 0.1) is 0 Å². The van der Waals surface area contributed by atoms with Crippen LogP contribution in [0.2, 0.25) is 0 Å². The fourth-order valence-corrected chi connectivity index (χ4v) is 5.89. The van der Waals surface area contributed by atoms with Crippen molar-refractivity contribution in [2.24, 2.45) is 5.84 Å². The molecule has 0 radical (unpaired) electrons. The number of fused-ring (bicyclic) bond motifs is 1. The number of pyridine rings is 2. The van der Waals surface area contributed by atoms with Gasteiger partial charge in [0, 0.05) is 29.3 Å². The van der Waals surface area contributed by atoms with Gasteiger partial charge < -0.3 is 9.47 Å². The Hall–Kier alpha value is -2.82. The summed E-state index contributed by atoms with van der Waals surface area (Å²) in [5.74, 6) is 6.16. The summed E-state index contributed by atoms with van der Waals surface area (Å²) in [4.78, 5) is 36.7. The third kappa shape index (κ3) is 12.7. The summed E-state index contributed by atoms with van der Waals surface area (Å²) in [5.41, 5.74) is 2.60. The lowest BCUT2D eigenvalue weighted by Gasteiger charge is -2.05. The lowest BCUT2D eigenvalue weighted by atomic mass is 10.3. The molecule has 0 aliphatic carbocycles. The van der Waals surface area contributed by atoms with Crippen molar-refractivity contribution in [3.63, 3.8) is 0 Å². The van der Waals surface area contributed by atoms with E-state index in [9.17, 15) is 9.59 Å². The quantitative estimate of drug-likeness (QED) is 0.0555. The molecule has 0 spiro atoms. The van der Waals surface area contributed by atoms with E-state index < -0.39 is 12.2 Å². The van der Waals surface area contributed by atoms with E-state index in [1.165, 1.54) is 10.8 Å². The van der Waals surface area contributed by atoms with E-state index in [2.05, 4.69) is 15.1 Å². The first-order valence-corrected chi connectivity index (χ1v) is 15.6. The molecule has 0 fully saturated rings. The van der Waals surface area contributed by atoms with Crippen LogP contribution in [0.25, 0.3) is 10.9 Å². The Morgan fingerprint density at radius 1 is 0.846 bits per heavy atom. The monoisotopic (exact) mass is 628 g/mol. The van der Waals surface area contributed by atoms with Gasteiger partial charge in [-0.25, -0.2) is 25.4 Å². The maximum absolute atomic E-state index is 11.7. The van der Waals surface area contributed by atoms with E-state index >= 15 is 0 Å². The Kier molecular flexibility index (Phi) is 16.0. The summed E-state index contributed by atoms with van der Waals surface area (Å²) >= 11 is 0. The number of amides is 1. The number of halogens is 1. The number of hydrazine groups is 1. The highest BCUT2D eigenvalue weighted by Gasteiger charge is 2.09. The second-order valence-electron chi connectivity index (χ2n) is 6.69. The number of ether oxygens (including phenoxy) is 2. The van der Waals surface area contributed by atoms with Crippen molar-refractivity contribution in [3.05, 3.63) is 79.3 Å². The number of benzene rings is 1. The van der Waals surface area contributed by atoms with Crippen LogP contribution in [-0.2, 0) is 9.47 Å². The van der Waals surface area contributed by atoms with E-state index in [-0.39, 0.29) is 19.0 Å². The van der Waals surface area contributed by atoms with Crippen molar-refractivity contribution < 1.29 is 23.9 Å². The first-order chi connectivity index (χ1) is 18.7. The zero-order valence-corrected chi connectivity index (χ0v) is 24.4. The van der Waals surface area contributed by atoms with Crippen molar-refractivity contribution in [1.82, 2.24) is 25.3 Å². The number of carbonyl (C=O) groups excluding carboxylic acids is 2. The zero-order valence-electron chi connectivity index (χ0n) is 20.3. The highest BCUT2D eigenvalue weighted by Crippen LogP contribution is 2.29. The predicted molar refractivity (Wildman–Crippen MR) is 159 cm³/mol. The van der Waals surface area contributed by atoms with Gasteiger partial charge in [0.1, 0.15) is 28.8 Å². The molecule has 0 bridgehead atoms.